The summed E-state index contributed by atoms with van der Waals surface area (Å²) in [6.07, 6.45) is 0.665. The van der Waals surface area contributed by atoms with Crippen molar-refractivity contribution in [2.75, 3.05) is 0 Å². The van der Waals surface area contributed by atoms with E-state index in [9.17, 15) is 8.42 Å². The number of nitrogens with one attached hydrogen (secondary N) is 1. The highest BCUT2D eigenvalue weighted by atomic mass is 32.2. The summed E-state index contributed by atoms with van der Waals surface area (Å²) in [6, 6.07) is 25.1. The van der Waals surface area contributed by atoms with Crippen LogP contribution in [-0.4, -0.2) is 8.42 Å². The topological polar surface area (TPSA) is 55.4 Å². The first-order chi connectivity index (χ1) is 12.6. The van der Waals surface area contributed by atoms with Crippen molar-refractivity contribution in [3.63, 3.8) is 0 Å². The second-order valence-electron chi connectivity index (χ2n) is 5.88. The Hall–Kier alpha value is -2.63. The molecule has 0 bridgehead atoms. The Balaban J connectivity index is 1.74. The predicted octanol–water partition coefficient (Wildman–Crippen LogP) is 4.91. The van der Waals surface area contributed by atoms with Crippen LogP contribution in [0.1, 0.15) is 24.9 Å². The molecule has 0 aliphatic rings. The predicted molar refractivity (Wildman–Crippen MR) is 103 cm³/mol. The van der Waals surface area contributed by atoms with Gasteiger partial charge in [-0.1, -0.05) is 55.5 Å². The van der Waals surface area contributed by atoms with E-state index in [0.29, 0.717) is 17.9 Å². The second kappa shape index (κ2) is 8.17. The van der Waals surface area contributed by atoms with E-state index < -0.39 is 10.0 Å². The van der Waals surface area contributed by atoms with Crippen molar-refractivity contribution in [3.8, 4) is 11.5 Å². The standard InChI is InChI=1S/C21H21NO3S/c1-2-21(17-9-5-3-6-10-17)22-26(23,24)20-15-13-19(14-16-20)25-18-11-7-4-8-12-18/h3-16,21-22H,2H2,1H3/t21-/m1/s1. The van der Waals surface area contributed by atoms with E-state index in [1.54, 1.807) is 24.3 Å². The third-order valence-electron chi connectivity index (χ3n) is 4.02. The molecule has 0 amide bonds. The van der Waals surface area contributed by atoms with Gasteiger partial charge in [0.25, 0.3) is 0 Å². The molecular formula is C21H21NO3S. The zero-order chi connectivity index (χ0) is 18.4. The van der Waals surface area contributed by atoms with Crippen LogP contribution in [0.25, 0.3) is 0 Å². The molecule has 4 nitrogen and oxygen atoms in total. The highest BCUT2D eigenvalue weighted by Gasteiger charge is 2.20. The van der Waals surface area contributed by atoms with Crippen molar-refractivity contribution in [1.82, 2.24) is 4.72 Å². The summed E-state index contributed by atoms with van der Waals surface area (Å²) in [5.41, 5.74) is 0.947. The van der Waals surface area contributed by atoms with Crippen molar-refractivity contribution in [1.29, 1.82) is 0 Å². The average molecular weight is 367 g/mol. The summed E-state index contributed by atoms with van der Waals surface area (Å²) >= 11 is 0. The van der Waals surface area contributed by atoms with Gasteiger partial charge >= 0.3 is 0 Å². The third-order valence-corrected chi connectivity index (χ3v) is 5.51. The number of para-hydroxylation sites is 1. The van der Waals surface area contributed by atoms with E-state index in [1.165, 1.54) is 0 Å². The fraction of sp³-hybridized carbons (Fsp3) is 0.143. The van der Waals surface area contributed by atoms with Crippen LogP contribution in [-0.2, 0) is 10.0 Å². The van der Waals surface area contributed by atoms with Gasteiger partial charge in [-0.05, 0) is 48.4 Å². The summed E-state index contributed by atoms with van der Waals surface area (Å²) in [7, 11) is -3.61. The zero-order valence-corrected chi connectivity index (χ0v) is 15.3. The fourth-order valence-electron chi connectivity index (χ4n) is 2.64. The highest BCUT2D eigenvalue weighted by Crippen LogP contribution is 2.24. The molecule has 1 atom stereocenters. The molecule has 0 aliphatic carbocycles. The van der Waals surface area contributed by atoms with Gasteiger partial charge in [-0.3, -0.25) is 0 Å². The Morgan fingerprint density at radius 2 is 1.35 bits per heavy atom. The second-order valence-corrected chi connectivity index (χ2v) is 7.59. The Kier molecular flexibility index (Phi) is 5.71. The molecular weight excluding hydrogens is 346 g/mol. The molecule has 3 aromatic rings. The van der Waals surface area contributed by atoms with E-state index in [0.717, 1.165) is 5.56 Å². The first-order valence-electron chi connectivity index (χ1n) is 8.49. The first kappa shape index (κ1) is 18.2. The molecule has 3 rings (SSSR count). The molecule has 0 heterocycles. The fourth-order valence-corrected chi connectivity index (χ4v) is 3.95. The van der Waals surface area contributed by atoms with Crippen molar-refractivity contribution in [2.45, 2.75) is 24.3 Å². The van der Waals surface area contributed by atoms with Crippen molar-refractivity contribution < 1.29 is 13.2 Å². The molecule has 3 aromatic carbocycles. The molecule has 0 saturated carbocycles. The SMILES string of the molecule is CC[C@@H](NS(=O)(=O)c1ccc(Oc2ccccc2)cc1)c1ccccc1. The smallest absolute Gasteiger partial charge is 0.241 e. The van der Waals surface area contributed by atoms with Crippen LogP contribution in [0.2, 0.25) is 0 Å². The Morgan fingerprint density at radius 3 is 1.92 bits per heavy atom. The van der Waals surface area contributed by atoms with E-state index in [1.807, 2.05) is 67.6 Å². The van der Waals surface area contributed by atoms with Gasteiger partial charge in [0.2, 0.25) is 10.0 Å². The van der Waals surface area contributed by atoms with Gasteiger partial charge in [-0.2, -0.15) is 0 Å². The van der Waals surface area contributed by atoms with Crippen LogP contribution < -0.4 is 9.46 Å². The van der Waals surface area contributed by atoms with E-state index in [4.69, 9.17) is 4.74 Å². The minimum atomic E-state index is -3.61. The Morgan fingerprint density at radius 1 is 0.808 bits per heavy atom. The van der Waals surface area contributed by atoms with E-state index >= 15 is 0 Å². The van der Waals surface area contributed by atoms with Crippen LogP contribution in [0.4, 0.5) is 0 Å². The lowest BCUT2D eigenvalue weighted by Gasteiger charge is -2.17. The highest BCUT2D eigenvalue weighted by molar-refractivity contribution is 7.89. The molecule has 0 aliphatic heterocycles. The summed E-state index contributed by atoms with van der Waals surface area (Å²) in [5.74, 6) is 1.29. The molecule has 26 heavy (non-hydrogen) atoms. The van der Waals surface area contributed by atoms with Crippen LogP contribution in [0.15, 0.2) is 89.8 Å². The number of sulfonamides is 1. The molecule has 0 saturated heterocycles. The zero-order valence-electron chi connectivity index (χ0n) is 14.5. The van der Waals surface area contributed by atoms with E-state index in [2.05, 4.69) is 4.72 Å². The van der Waals surface area contributed by atoms with Gasteiger partial charge in [0.1, 0.15) is 11.5 Å². The Labute approximate surface area is 154 Å². The van der Waals surface area contributed by atoms with Gasteiger partial charge in [0, 0.05) is 6.04 Å². The monoisotopic (exact) mass is 367 g/mol. The maximum absolute atomic E-state index is 12.7. The summed E-state index contributed by atoms with van der Waals surface area (Å²) in [5, 5.41) is 0. The number of ether oxygens (including phenoxy) is 1. The van der Waals surface area contributed by atoms with Crippen LogP contribution in [0.5, 0.6) is 11.5 Å². The number of hydrogen-bond acceptors (Lipinski definition) is 3. The van der Waals surface area contributed by atoms with E-state index in [-0.39, 0.29) is 10.9 Å². The molecule has 0 aromatic heterocycles. The van der Waals surface area contributed by atoms with Gasteiger partial charge < -0.3 is 4.74 Å². The number of benzene rings is 3. The van der Waals surface area contributed by atoms with Crippen LogP contribution in [0.3, 0.4) is 0 Å². The molecule has 0 fully saturated rings. The summed E-state index contributed by atoms with van der Waals surface area (Å²) < 4.78 is 33.9. The largest absolute Gasteiger partial charge is 0.457 e. The lowest BCUT2D eigenvalue weighted by molar-refractivity contribution is 0.482. The molecule has 0 radical (unpaired) electrons. The summed E-state index contributed by atoms with van der Waals surface area (Å²) in [6.45, 7) is 1.96. The molecule has 0 spiro atoms. The normalized spacial score (nSPS) is 12.5. The van der Waals surface area contributed by atoms with Crippen molar-refractivity contribution in [3.05, 3.63) is 90.5 Å². The van der Waals surface area contributed by atoms with Crippen molar-refractivity contribution in [2.24, 2.45) is 0 Å². The maximum Gasteiger partial charge on any atom is 0.241 e. The number of rotatable bonds is 7. The van der Waals surface area contributed by atoms with Gasteiger partial charge in [0.15, 0.2) is 0 Å². The lowest BCUT2D eigenvalue weighted by Crippen LogP contribution is -2.28. The first-order valence-corrected chi connectivity index (χ1v) is 9.97. The minimum absolute atomic E-state index is 0.215. The Bertz CT molecular complexity index is 924. The quantitative estimate of drug-likeness (QED) is 0.646. The molecule has 5 heteroatoms. The van der Waals surface area contributed by atoms with Gasteiger partial charge in [-0.25, -0.2) is 13.1 Å². The van der Waals surface area contributed by atoms with Gasteiger partial charge in [-0.15, -0.1) is 0 Å². The third kappa shape index (κ3) is 4.50. The maximum atomic E-state index is 12.7. The van der Waals surface area contributed by atoms with Gasteiger partial charge in [0.05, 0.1) is 4.90 Å². The molecule has 1 N–H and O–H groups in total. The van der Waals surface area contributed by atoms with Crippen LogP contribution >= 0.6 is 0 Å². The minimum Gasteiger partial charge on any atom is -0.457 e. The van der Waals surface area contributed by atoms with Crippen molar-refractivity contribution >= 4 is 10.0 Å². The summed E-state index contributed by atoms with van der Waals surface area (Å²) in [4.78, 5) is 0.215. The molecule has 0 unspecified atom stereocenters. The number of hydrogen-bond donors (Lipinski definition) is 1. The lowest BCUT2D eigenvalue weighted by atomic mass is 10.1. The molecule has 134 valence electrons. The van der Waals surface area contributed by atoms with Crippen LogP contribution in [0, 0.1) is 0 Å². The average Bonchev–Trinajstić information content (AvgIpc) is 2.68.